The lowest BCUT2D eigenvalue weighted by molar-refractivity contribution is -0.142. The van der Waals surface area contributed by atoms with Crippen molar-refractivity contribution in [2.75, 3.05) is 25.9 Å². The summed E-state index contributed by atoms with van der Waals surface area (Å²) >= 11 is 0. The van der Waals surface area contributed by atoms with E-state index >= 15 is 0 Å². The molecule has 1 aliphatic rings. The van der Waals surface area contributed by atoms with Gasteiger partial charge in [0.15, 0.2) is 0 Å². The van der Waals surface area contributed by atoms with Crippen molar-refractivity contribution in [3.05, 3.63) is 0 Å². The molecule has 0 aromatic rings. The number of carbonyl (C=O) groups excluding carboxylic acids is 1. The van der Waals surface area contributed by atoms with Crippen LogP contribution in [-0.2, 0) is 14.8 Å². The Kier molecular flexibility index (Phi) is 5.21. The van der Waals surface area contributed by atoms with Crippen LogP contribution in [0.25, 0.3) is 0 Å². The van der Waals surface area contributed by atoms with Crippen LogP contribution in [0.15, 0.2) is 0 Å². The van der Waals surface area contributed by atoms with E-state index in [9.17, 15) is 18.0 Å². The summed E-state index contributed by atoms with van der Waals surface area (Å²) in [6, 6.07) is -0.381. The summed E-state index contributed by atoms with van der Waals surface area (Å²) in [4.78, 5) is 24.5. The van der Waals surface area contributed by atoms with Crippen LogP contribution in [0.4, 0.5) is 4.79 Å². The lowest BCUT2D eigenvalue weighted by Gasteiger charge is -2.27. The Morgan fingerprint density at radius 1 is 1.33 bits per heavy atom. The monoisotopic (exact) mass is 321 g/mol. The maximum absolute atomic E-state index is 12.0. The van der Waals surface area contributed by atoms with E-state index in [1.54, 1.807) is 20.8 Å². The minimum atomic E-state index is -3.37. The van der Waals surface area contributed by atoms with E-state index in [1.807, 2.05) is 0 Å². The molecule has 1 rings (SSSR count). The van der Waals surface area contributed by atoms with E-state index in [0.29, 0.717) is 6.54 Å². The number of carboxylic acids is 1. The molecule has 0 unspecified atom stereocenters. The van der Waals surface area contributed by atoms with E-state index < -0.39 is 27.4 Å². The number of hydrogen-bond acceptors (Lipinski definition) is 4. The Hall–Kier alpha value is -1.35. The van der Waals surface area contributed by atoms with E-state index in [-0.39, 0.29) is 25.0 Å². The number of nitrogens with zero attached hydrogens (tertiary/aromatic N) is 1. The van der Waals surface area contributed by atoms with Gasteiger partial charge in [0.25, 0.3) is 0 Å². The van der Waals surface area contributed by atoms with Crippen molar-refractivity contribution in [2.24, 2.45) is 11.8 Å². The third kappa shape index (κ3) is 5.50. The maximum Gasteiger partial charge on any atom is 0.317 e. The normalized spacial score (nSPS) is 23.1. The zero-order chi connectivity index (χ0) is 16.4. The van der Waals surface area contributed by atoms with Crippen molar-refractivity contribution in [1.29, 1.82) is 0 Å². The second kappa shape index (κ2) is 6.18. The highest BCUT2D eigenvalue weighted by Gasteiger charge is 2.37. The van der Waals surface area contributed by atoms with Gasteiger partial charge in [0.1, 0.15) is 0 Å². The van der Waals surface area contributed by atoms with Gasteiger partial charge >= 0.3 is 12.0 Å². The van der Waals surface area contributed by atoms with Gasteiger partial charge in [-0.3, -0.25) is 4.79 Å². The van der Waals surface area contributed by atoms with Gasteiger partial charge in [0, 0.05) is 25.2 Å². The summed E-state index contributed by atoms with van der Waals surface area (Å²) in [5.74, 6) is -1.56. The zero-order valence-corrected chi connectivity index (χ0v) is 13.5. The first-order valence-corrected chi connectivity index (χ1v) is 8.55. The number of carbonyl (C=O) groups is 2. The van der Waals surface area contributed by atoms with Crippen LogP contribution in [0.1, 0.15) is 20.8 Å². The van der Waals surface area contributed by atoms with Gasteiger partial charge in [0.05, 0.1) is 12.2 Å². The number of nitrogens with one attached hydrogen (secondary N) is 2. The van der Waals surface area contributed by atoms with Crippen LogP contribution >= 0.6 is 0 Å². The van der Waals surface area contributed by atoms with Gasteiger partial charge in [-0.15, -0.1) is 0 Å². The number of urea groups is 1. The molecule has 0 aliphatic carbocycles. The number of hydrogen-bond donors (Lipinski definition) is 3. The number of amides is 2. The first-order chi connectivity index (χ1) is 9.41. The van der Waals surface area contributed by atoms with Crippen molar-refractivity contribution in [3.8, 4) is 0 Å². The van der Waals surface area contributed by atoms with Crippen LogP contribution in [0, 0.1) is 11.8 Å². The van der Waals surface area contributed by atoms with Gasteiger partial charge in [-0.2, -0.15) is 0 Å². The average molecular weight is 321 g/mol. The Balaban J connectivity index is 2.54. The lowest BCUT2D eigenvalue weighted by atomic mass is 9.99. The fourth-order valence-electron chi connectivity index (χ4n) is 2.40. The van der Waals surface area contributed by atoms with Gasteiger partial charge in [0.2, 0.25) is 10.0 Å². The molecule has 2 atom stereocenters. The largest absolute Gasteiger partial charge is 0.481 e. The molecular weight excluding hydrogens is 298 g/mol. The molecule has 8 nitrogen and oxygen atoms in total. The molecule has 1 aliphatic heterocycles. The first kappa shape index (κ1) is 17.7. The fraction of sp³-hybridized carbons (Fsp3) is 0.833. The standard InChI is InChI=1S/C12H23N3O5S/c1-8-5-15(6-9(8)10(16)17)11(18)13-7-12(2,3)14-21(4,19)20/h8-9,14H,5-7H2,1-4H3,(H,13,18)(H,16,17)/t8-,9-/m1/s1. The van der Waals surface area contributed by atoms with Gasteiger partial charge in [-0.25, -0.2) is 17.9 Å². The topological polar surface area (TPSA) is 116 Å². The number of aliphatic carboxylic acids is 1. The minimum Gasteiger partial charge on any atom is -0.481 e. The summed E-state index contributed by atoms with van der Waals surface area (Å²) in [7, 11) is -3.37. The molecule has 0 saturated carbocycles. The van der Waals surface area contributed by atoms with Crippen molar-refractivity contribution in [1.82, 2.24) is 14.9 Å². The molecule has 2 amide bonds. The van der Waals surface area contributed by atoms with Gasteiger partial charge in [-0.1, -0.05) is 6.92 Å². The minimum absolute atomic E-state index is 0.101. The van der Waals surface area contributed by atoms with Crippen LogP contribution < -0.4 is 10.0 Å². The number of sulfonamides is 1. The second-order valence-electron chi connectivity index (χ2n) is 6.24. The van der Waals surface area contributed by atoms with Crippen LogP contribution in [-0.4, -0.2) is 61.9 Å². The smallest absolute Gasteiger partial charge is 0.317 e. The van der Waals surface area contributed by atoms with E-state index in [1.165, 1.54) is 4.90 Å². The van der Waals surface area contributed by atoms with Crippen molar-refractivity contribution < 1.29 is 23.1 Å². The molecule has 122 valence electrons. The molecule has 0 aromatic heterocycles. The predicted octanol–water partition coefficient (Wildman–Crippen LogP) is -0.324. The summed E-state index contributed by atoms with van der Waals surface area (Å²) < 4.78 is 24.8. The molecule has 0 aromatic carbocycles. The molecule has 1 fully saturated rings. The van der Waals surface area contributed by atoms with Crippen molar-refractivity contribution in [2.45, 2.75) is 26.3 Å². The quantitative estimate of drug-likeness (QED) is 0.641. The highest BCUT2D eigenvalue weighted by atomic mass is 32.2. The van der Waals surface area contributed by atoms with E-state index in [0.717, 1.165) is 6.26 Å². The highest BCUT2D eigenvalue weighted by Crippen LogP contribution is 2.23. The predicted molar refractivity (Wildman–Crippen MR) is 77.3 cm³/mol. The second-order valence-corrected chi connectivity index (χ2v) is 7.99. The zero-order valence-electron chi connectivity index (χ0n) is 12.7. The lowest BCUT2D eigenvalue weighted by Crippen LogP contribution is -2.53. The Bertz CT molecular complexity index is 517. The molecule has 3 N–H and O–H groups in total. The molecule has 1 saturated heterocycles. The third-order valence-electron chi connectivity index (χ3n) is 3.36. The van der Waals surface area contributed by atoms with Crippen LogP contribution in [0.5, 0.6) is 0 Å². The van der Waals surface area contributed by atoms with E-state index in [4.69, 9.17) is 5.11 Å². The molecule has 1 heterocycles. The number of rotatable bonds is 5. The maximum atomic E-state index is 12.0. The van der Waals surface area contributed by atoms with Gasteiger partial charge < -0.3 is 15.3 Å². The number of likely N-dealkylation sites (tertiary alicyclic amines) is 1. The molecule has 9 heteroatoms. The molecule has 0 radical (unpaired) electrons. The number of carboxylic acid groups (broad SMARTS) is 1. The summed E-state index contributed by atoms with van der Waals surface area (Å²) in [6.07, 6.45) is 1.05. The van der Waals surface area contributed by atoms with Crippen molar-refractivity contribution in [3.63, 3.8) is 0 Å². The summed E-state index contributed by atoms with van der Waals surface area (Å²) in [6.45, 7) is 5.76. The fourth-order valence-corrected chi connectivity index (χ4v) is 3.48. The SMILES string of the molecule is C[C@@H]1CN(C(=O)NCC(C)(C)NS(C)(=O)=O)C[C@H]1C(=O)O. The molecular formula is C12H23N3O5S. The van der Waals surface area contributed by atoms with Crippen LogP contribution in [0.3, 0.4) is 0 Å². The Labute approximate surface area is 124 Å². The van der Waals surface area contributed by atoms with E-state index in [2.05, 4.69) is 10.0 Å². The molecule has 0 bridgehead atoms. The average Bonchev–Trinajstić information content (AvgIpc) is 2.65. The van der Waals surface area contributed by atoms with Gasteiger partial charge in [-0.05, 0) is 19.8 Å². The Morgan fingerprint density at radius 3 is 2.33 bits per heavy atom. The highest BCUT2D eigenvalue weighted by molar-refractivity contribution is 7.88. The first-order valence-electron chi connectivity index (χ1n) is 6.66. The summed E-state index contributed by atoms with van der Waals surface area (Å²) in [5.41, 5.74) is -0.819. The van der Waals surface area contributed by atoms with Crippen molar-refractivity contribution >= 4 is 22.0 Å². The van der Waals surface area contributed by atoms with Crippen LogP contribution in [0.2, 0.25) is 0 Å². The Morgan fingerprint density at radius 2 is 1.90 bits per heavy atom. The summed E-state index contributed by atoms with van der Waals surface area (Å²) in [5, 5.41) is 11.7. The third-order valence-corrected chi connectivity index (χ3v) is 4.28. The molecule has 0 spiro atoms. The molecule has 21 heavy (non-hydrogen) atoms.